The Morgan fingerprint density at radius 1 is 1.12 bits per heavy atom. The number of para-hydroxylation sites is 1. The number of nitrogens with zero attached hydrogens (tertiary/aromatic N) is 4. The van der Waals surface area contributed by atoms with Crippen LogP contribution >= 0.6 is 0 Å². The van der Waals surface area contributed by atoms with E-state index >= 15 is 0 Å². The lowest BCUT2D eigenvalue weighted by Gasteiger charge is -2.36. The van der Waals surface area contributed by atoms with Gasteiger partial charge in [0.2, 0.25) is 0 Å². The number of hydrogen-bond donors (Lipinski definition) is 0. The molecule has 0 bridgehead atoms. The van der Waals surface area contributed by atoms with Crippen LogP contribution in [0.25, 0.3) is 0 Å². The van der Waals surface area contributed by atoms with Crippen LogP contribution in [0.15, 0.2) is 30.5 Å². The normalized spacial score (nSPS) is 15.6. The number of anilines is 1. The number of halogens is 4. The van der Waals surface area contributed by atoms with Gasteiger partial charge in [0.1, 0.15) is 5.82 Å². The van der Waals surface area contributed by atoms with Gasteiger partial charge in [0.15, 0.2) is 5.69 Å². The quantitative estimate of drug-likeness (QED) is 0.777. The second-order valence-corrected chi connectivity index (χ2v) is 5.79. The minimum absolute atomic E-state index is 0.208. The number of piperazine rings is 1. The van der Waals surface area contributed by atoms with Crippen molar-refractivity contribution in [3.8, 4) is 0 Å². The van der Waals surface area contributed by atoms with Crippen molar-refractivity contribution in [2.45, 2.75) is 6.18 Å². The van der Waals surface area contributed by atoms with Crippen molar-refractivity contribution in [3.63, 3.8) is 0 Å². The molecule has 25 heavy (non-hydrogen) atoms. The molecule has 2 heterocycles. The molecule has 0 N–H and O–H groups in total. The average molecular weight is 356 g/mol. The van der Waals surface area contributed by atoms with Crippen LogP contribution in [0.3, 0.4) is 0 Å². The van der Waals surface area contributed by atoms with Gasteiger partial charge in [0.05, 0.1) is 11.3 Å². The molecule has 0 saturated carbocycles. The standard InChI is InChI=1S/C16H16F4N4O/c1-22-10-11(14(21-22)16(18,19)20)15(25)24-8-6-23(7-9-24)13-5-3-2-4-12(13)17/h2-5,10H,6-9H2,1H3. The molecule has 1 aliphatic rings. The Hall–Kier alpha value is -2.58. The van der Waals surface area contributed by atoms with Crippen molar-refractivity contribution in [1.82, 2.24) is 14.7 Å². The van der Waals surface area contributed by atoms with Gasteiger partial charge in [-0.05, 0) is 12.1 Å². The smallest absolute Gasteiger partial charge is 0.366 e. The van der Waals surface area contributed by atoms with E-state index in [9.17, 15) is 22.4 Å². The van der Waals surface area contributed by atoms with E-state index in [1.54, 1.807) is 23.1 Å². The van der Waals surface area contributed by atoms with Gasteiger partial charge in [0, 0.05) is 39.4 Å². The number of amides is 1. The molecule has 2 aromatic rings. The summed E-state index contributed by atoms with van der Waals surface area (Å²) in [6.45, 7) is 1.10. The fourth-order valence-corrected chi connectivity index (χ4v) is 2.88. The summed E-state index contributed by atoms with van der Waals surface area (Å²) in [6.07, 6.45) is -3.62. The molecule has 1 fully saturated rings. The topological polar surface area (TPSA) is 41.4 Å². The summed E-state index contributed by atoms with van der Waals surface area (Å²) in [5.74, 6) is -1.08. The molecule has 0 atom stereocenters. The zero-order valence-corrected chi connectivity index (χ0v) is 13.4. The van der Waals surface area contributed by atoms with Crippen LogP contribution in [0.5, 0.6) is 0 Å². The van der Waals surface area contributed by atoms with Gasteiger partial charge in [-0.25, -0.2) is 4.39 Å². The highest BCUT2D eigenvalue weighted by atomic mass is 19.4. The molecule has 1 saturated heterocycles. The highest BCUT2D eigenvalue weighted by Gasteiger charge is 2.40. The van der Waals surface area contributed by atoms with Gasteiger partial charge in [-0.1, -0.05) is 12.1 Å². The maximum atomic E-state index is 13.8. The molecular formula is C16H16F4N4O. The van der Waals surface area contributed by atoms with E-state index < -0.39 is 23.3 Å². The highest BCUT2D eigenvalue weighted by molar-refractivity contribution is 5.95. The molecular weight excluding hydrogens is 340 g/mol. The summed E-state index contributed by atoms with van der Waals surface area (Å²) in [6, 6.07) is 6.27. The zero-order chi connectivity index (χ0) is 18.2. The van der Waals surface area contributed by atoms with E-state index in [4.69, 9.17) is 0 Å². The third-order valence-corrected chi connectivity index (χ3v) is 4.09. The average Bonchev–Trinajstić information content (AvgIpc) is 2.97. The summed E-state index contributed by atoms with van der Waals surface area (Å²) in [7, 11) is 1.34. The first-order valence-corrected chi connectivity index (χ1v) is 7.67. The van der Waals surface area contributed by atoms with Crippen LogP contribution in [0, 0.1) is 5.82 Å². The van der Waals surface area contributed by atoms with Crippen LogP contribution in [0.1, 0.15) is 16.1 Å². The number of alkyl halides is 3. The number of aryl methyl sites for hydroxylation is 1. The third-order valence-electron chi connectivity index (χ3n) is 4.09. The molecule has 1 aromatic heterocycles. The van der Waals surface area contributed by atoms with Crippen LogP contribution in [-0.4, -0.2) is 46.8 Å². The van der Waals surface area contributed by atoms with Crippen molar-refractivity contribution in [2.75, 3.05) is 31.1 Å². The molecule has 134 valence electrons. The summed E-state index contributed by atoms with van der Waals surface area (Å²) in [5, 5.41) is 3.36. The Bertz CT molecular complexity index is 779. The maximum absolute atomic E-state index is 13.8. The second-order valence-electron chi connectivity index (χ2n) is 5.79. The Morgan fingerprint density at radius 2 is 1.76 bits per heavy atom. The fraction of sp³-hybridized carbons (Fsp3) is 0.375. The Balaban J connectivity index is 1.74. The van der Waals surface area contributed by atoms with Gasteiger partial charge in [0.25, 0.3) is 5.91 Å². The largest absolute Gasteiger partial charge is 0.435 e. The Morgan fingerprint density at radius 3 is 2.36 bits per heavy atom. The van der Waals surface area contributed by atoms with Crippen molar-refractivity contribution in [1.29, 1.82) is 0 Å². The van der Waals surface area contributed by atoms with Crippen LogP contribution in [0.2, 0.25) is 0 Å². The number of carbonyl (C=O) groups excluding carboxylic acids is 1. The van der Waals surface area contributed by atoms with Gasteiger partial charge in [-0.15, -0.1) is 0 Å². The van der Waals surface area contributed by atoms with Crippen LogP contribution in [-0.2, 0) is 13.2 Å². The van der Waals surface area contributed by atoms with E-state index in [-0.39, 0.29) is 18.9 Å². The van der Waals surface area contributed by atoms with Crippen molar-refractivity contribution >= 4 is 11.6 Å². The van der Waals surface area contributed by atoms with Crippen molar-refractivity contribution in [3.05, 3.63) is 47.5 Å². The Labute approximate surface area is 141 Å². The third kappa shape index (κ3) is 3.45. The molecule has 9 heteroatoms. The van der Waals surface area contributed by atoms with Crippen LogP contribution in [0.4, 0.5) is 23.2 Å². The predicted molar refractivity (Wildman–Crippen MR) is 82.7 cm³/mol. The van der Waals surface area contributed by atoms with E-state index in [0.717, 1.165) is 10.9 Å². The molecule has 1 aliphatic heterocycles. The molecule has 0 aliphatic carbocycles. The van der Waals surface area contributed by atoms with Gasteiger partial charge < -0.3 is 9.80 Å². The van der Waals surface area contributed by atoms with Gasteiger partial charge in [-0.3, -0.25) is 9.48 Å². The molecule has 0 unspecified atom stereocenters. The zero-order valence-electron chi connectivity index (χ0n) is 13.4. The number of carbonyl (C=O) groups is 1. The molecule has 1 aromatic carbocycles. The van der Waals surface area contributed by atoms with E-state index in [1.807, 2.05) is 0 Å². The number of aromatic nitrogens is 2. The first-order valence-electron chi connectivity index (χ1n) is 7.67. The monoisotopic (exact) mass is 356 g/mol. The Kier molecular flexibility index (Phi) is 4.40. The number of hydrogen-bond acceptors (Lipinski definition) is 3. The van der Waals surface area contributed by atoms with Crippen LogP contribution < -0.4 is 4.90 Å². The molecule has 3 rings (SSSR count). The minimum atomic E-state index is -4.69. The maximum Gasteiger partial charge on any atom is 0.435 e. The van der Waals surface area contributed by atoms with Gasteiger partial charge >= 0.3 is 6.18 Å². The van der Waals surface area contributed by atoms with Crippen molar-refractivity contribution < 1.29 is 22.4 Å². The van der Waals surface area contributed by atoms with Crippen molar-refractivity contribution in [2.24, 2.45) is 7.05 Å². The predicted octanol–water partition coefficient (Wildman–Crippen LogP) is 2.54. The lowest BCUT2D eigenvalue weighted by Crippen LogP contribution is -2.49. The highest BCUT2D eigenvalue weighted by Crippen LogP contribution is 2.31. The summed E-state index contributed by atoms with van der Waals surface area (Å²) >= 11 is 0. The molecule has 1 amide bonds. The fourth-order valence-electron chi connectivity index (χ4n) is 2.88. The number of benzene rings is 1. The summed E-state index contributed by atoms with van der Waals surface area (Å²) in [4.78, 5) is 15.6. The van der Waals surface area contributed by atoms with E-state index in [2.05, 4.69) is 5.10 Å². The summed E-state index contributed by atoms with van der Waals surface area (Å²) < 4.78 is 53.9. The van der Waals surface area contributed by atoms with Gasteiger partial charge in [-0.2, -0.15) is 18.3 Å². The van der Waals surface area contributed by atoms with E-state index in [0.29, 0.717) is 18.8 Å². The first kappa shape index (κ1) is 17.2. The summed E-state index contributed by atoms with van der Waals surface area (Å²) in [5.41, 5.74) is -1.22. The number of rotatable bonds is 2. The van der Waals surface area contributed by atoms with E-state index in [1.165, 1.54) is 18.0 Å². The SMILES string of the molecule is Cn1cc(C(=O)N2CCN(c3ccccc3F)CC2)c(C(F)(F)F)n1. The lowest BCUT2D eigenvalue weighted by molar-refractivity contribution is -0.141. The first-order chi connectivity index (χ1) is 11.8. The minimum Gasteiger partial charge on any atom is -0.366 e. The molecule has 5 nitrogen and oxygen atoms in total. The lowest BCUT2D eigenvalue weighted by atomic mass is 10.2. The second kappa shape index (κ2) is 6.38. The molecule has 0 spiro atoms. The molecule has 0 radical (unpaired) electrons.